The van der Waals surface area contributed by atoms with Crippen molar-refractivity contribution < 1.29 is 5.11 Å². The van der Waals surface area contributed by atoms with Gasteiger partial charge in [-0.2, -0.15) is 5.10 Å². The molecular formula is C10H12IN3O2. The van der Waals surface area contributed by atoms with Gasteiger partial charge in [-0.15, -0.1) is 0 Å². The summed E-state index contributed by atoms with van der Waals surface area (Å²) in [5.41, 5.74) is 2.85. The molecule has 0 aromatic carbocycles. The van der Waals surface area contributed by atoms with E-state index in [-0.39, 0.29) is 12.2 Å². The maximum absolute atomic E-state index is 11.8. The summed E-state index contributed by atoms with van der Waals surface area (Å²) in [5, 5.41) is 13.3. The summed E-state index contributed by atoms with van der Waals surface area (Å²) in [6, 6.07) is 0. The summed E-state index contributed by atoms with van der Waals surface area (Å²) in [5.74, 6) is 0. The monoisotopic (exact) mass is 333 g/mol. The maximum Gasteiger partial charge on any atom is 0.254 e. The van der Waals surface area contributed by atoms with Gasteiger partial charge >= 0.3 is 0 Å². The summed E-state index contributed by atoms with van der Waals surface area (Å²) in [6.07, 6.45) is 0.354. The number of hydrogen-bond acceptors (Lipinski definition) is 3. The molecule has 0 radical (unpaired) electrons. The molecule has 0 aliphatic carbocycles. The average molecular weight is 333 g/mol. The highest BCUT2D eigenvalue weighted by atomic mass is 127. The molecule has 86 valence electrons. The van der Waals surface area contributed by atoms with Gasteiger partial charge in [-0.25, -0.2) is 4.52 Å². The van der Waals surface area contributed by atoms with Gasteiger partial charge in [0.25, 0.3) is 5.56 Å². The first kappa shape index (κ1) is 11.6. The summed E-state index contributed by atoms with van der Waals surface area (Å²) < 4.78 is 2.68. The van der Waals surface area contributed by atoms with E-state index >= 15 is 0 Å². The molecule has 0 spiro atoms. The van der Waals surface area contributed by atoms with Crippen molar-refractivity contribution in [3.8, 4) is 0 Å². The number of aryl methyl sites for hydroxylation is 2. The molecule has 0 saturated heterocycles. The Morgan fingerprint density at radius 1 is 1.50 bits per heavy atom. The highest BCUT2D eigenvalue weighted by molar-refractivity contribution is 14.1. The van der Waals surface area contributed by atoms with Crippen LogP contribution in [0, 0.1) is 17.4 Å². The lowest BCUT2D eigenvalue weighted by molar-refractivity contribution is 0.298. The first-order chi connectivity index (χ1) is 7.56. The molecule has 0 saturated carbocycles. The zero-order chi connectivity index (χ0) is 11.9. The van der Waals surface area contributed by atoms with E-state index in [9.17, 15) is 4.79 Å². The lowest BCUT2D eigenvalue weighted by atomic mass is 10.2. The topological polar surface area (TPSA) is 70.4 Å². The molecule has 0 aliphatic rings. The van der Waals surface area contributed by atoms with E-state index < -0.39 is 0 Å². The van der Waals surface area contributed by atoms with Crippen molar-refractivity contribution in [1.82, 2.24) is 14.6 Å². The number of aromatic nitrogens is 3. The quantitative estimate of drug-likeness (QED) is 0.798. The van der Waals surface area contributed by atoms with Gasteiger partial charge < -0.3 is 10.1 Å². The Kier molecular flexibility index (Phi) is 3.02. The van der Waals surface area contributed by atoms with Crippen LogP contribution in [0.25, 0.3) is 5.65 Å². The third-order valence-corrected chi connectivity index (χ3v) is 3.90. The van der Waals surface area contributed by atoms with Crippen LogP contribution >= 0.6 is 22.6 Å². The zero-order valence-electron chi connectivity index (χ0n) is 9.04. The number of aliphatic hydroxyl groups is 1. The summed E-state index contributed by atoms with van der Waals surface area (Å²) in [6.45, 7) is 3.71. The van der Waals surface area contributed by atoms with Crippen LogP contribution in [0.15, 0.2) is 4.79 Å². The van der Waals surface area contributed by atoms with Gasteiger partial charge in [-0.3, -0.25) is 4.79 Å². The second kappa shape index (κ2) is 4.17. The number of rotatable bonds is 2. The van der Waals surface area contributed by atoms with Gasteiger partial charge in [0.1, 0.15) is 5.65 Å². The van der Waals surface area contributed by atoms with Crippen molar-refractivity contribution in [2.45, 2.75) is 20.3 Å². The zero-order valence-corrected chi connectivity index (χ0v) is 11.2. The van der Waals surface area contributed by atoms with Crippen LogP contribution in [0.2, 0.25) is 0 Å². The molecule has 2 N–H and O–H groups in total. The van der Waals surface area contributed by atoms with Gasteiger partial charge in [0.15, 0.2) is 0 Å². The minimum Gasteiger partial charge on any atom is -0.396 e. The van der Waals surface area contributed by atoms with Crippen molar-refractivity contribution in [1.29, 1.82) is 0 Å². The van der Waals surface area contributed by atoms with E-state index in [1.165, 1.54) is 0 Å². The maximum atomic E-state index is 11.8. The Hall–Kier alpha value is -0.890. The van der Waals surface area contributed by atoms with Crippen LogP contribution in [0.5, 0.6) is 0 Å². The number of nitrogens with one attached hydrogen (secondary N) is 1. The molecule has 0 bridgehead atoms. The molecule has 2 heterocycles. The van der Waals surface area contributed by atoms with Crippen LogP contribution in [0.1, 0.15) is 17.0 Å². The standard InChI is InChI=1S/C10H12IN3O2/c1-5-8(11)9-12-10(16)7(3-4-15)6(2)14(9)13-5/h15H,3-4H2,1-2H3,(H,12,16). The molecule has 0 aliphatic heterocycles. The van der Waals surface area contributed by atoms with E-state index in [0.717, 1.165) is 20.6 Å². The fraction of sp³-hybridized carbons (Fsp3) is 0.400. The van der Waals surface area contributed by atoms with Crippen molar-refractivity contribution in [3.05, 3.63) is 30.9 Å². The minimum atomic E-state index is -0.142. The van der Waals surface area contributed by atoms with E-state index in [0.29, 0.717) is 12.0 Å². The van der Waals surface area contributed by atoms with E-state index in [2.05, 4.69) is 32.7 Å². The number of aliphatic hydroxyl groups excluding tert-OH is 1. The Morgan fingerprint density at radius 2 is 2.19 bits per heavy atom. The minimum absolute atomic E-state index is 0.0350. The van der Waals surface area contributed by atoms with E-state index in [1.807, 2.05) is 13.8 Å². The number of aromatic amines is 1. The molecule has 2 aromatic rings. The van der Waals surface area contributed by atoms with Crippen LogP contribution in [0.3, 0.4) is 0 Å². The molecule has 5 nitrogen and oxygen atoms in total. The third-order valence-electron chi connectivity index (χ3n) is 2.61. The van der Waals surface area contributed by atoms with Gasteiger partial charge in [-0.05, 0) is 36.4 Å². The summed E-state index contributed by atoms with van der Waals surface area (Å²) in [7, 11) is 0. The fourth-order valence-electron chi connectivity index (χ4n) is 1.74. The first-order valence-corrected chi connectivity index (χ1v) is 6.01. The molecule has 16 heavy (non-hydrogen) atoms. The number of hydrogen-bond donors (Lipinski definition) is 2. The van der Waals surface area contributed by atoms with Crippen LogP contribution < -0.4 is 5.56 Å². The first-order valence-electron chi connectivity index (χ1n) is 4.93. The van der Waals surface area contributed by atoms with Crippen LogP contribution in [0.4, 0.5) is 0 Å². The van der Waals surface area contributed by atoms with Crippen molar-refractivity contribution in [2.24, 2.45) is 0 Å². The van der Waals surface area contributed by atoms with Crippen molar-refractivity contribution in [2.75, 3.05) is 6.61 Å². The van der Waals surface area contributed by atoms with E-state index in [4.69, 9.17) is 5.11 Å². The van der Waals surface area contributed by atoms with Gasteiger partial charge in [0, 0.05) is 18.6 Å². The second-order valence-corrected chi connectivity index (χ2v) is 4.73. The molecule has 2 rings (SSSR count). The summed E-state index contributed by atoms with van der Waals surface area (Å²) >= 11 is 2.16. The lowest BCUT2D eigenvalue weighted by Gasteiger charge is -2.05. The molecule has 0 fully saturated rings. The third kappa shape index (κ3) is 1.65. The Labute approximate surface area is 106 Å². The van der Waals surface area contributed by atoms with Gasteiger partial charge in [-0.1, -0.05) is 0 Å². The normalized spacial score (nSPS) is 11.2. The van der Waals surface area contributed by atoms with Gasteiger partial charge in [0.2, 0.25) is 0 Å². The molecule has 0 unspecified atom stereocenters. The molecule has 0 atom stereocenters. The second-order valence-electron chi connectivity index (χ2n) is 3.65. The Balaban J connectivity index is 2.83. The van der Waals surface area contributed by atoms with Crippen molar-refractivity contribution >= 4 is 28.2 Å². The number of H-pyrrole nitrogens is 1. The predicted octanol–water partition coefficient (Wildman–Crippen LogP) is 0.779. The molecule has 0 amide bonds. The van der Waals surface area contributed by atoms with Crippen molar-refractivity contribution in [3.63, 3.8) is 0 Å². The average Bonchev–Trinajstić information content (AvgIpc) is 2.52. The SMILES string of the molecule is Cc1nn2c(C)c(CCO)c(=O)[nH]c2c1I. The molecular weight excluding hydrogens is 321 g/mol. The largest absolute Gasteiger partial charge is 0.396 e. The number of fused-ring (bicyclic) bond motifs is 1. The van der Waals surface area contributed by atoms with E-state index in [1.54, 1.807) is 4.52 Å². The summed E-state index contributed by atoms with van der Waals surface area (Å²) in [4.78, 5) is 14.6. The van der Waals surface area contributed by atoms with Gasteiger partial charge in [0.05, 0.1) is 15.0 Å². The van der Waals surface area contributed by atoms with Crippen LogP contribution in [-0.2, 0) is 6.42 Å². The predicted molar refractivity (Wildman–Crippen MR) is 68.8 cm³/mol. The fourth-order valence-corrected chi connectivity index (χ4v) is 2.21. The Morgan fingerprint density at radius 3 is 2.81 bits per heavy atom. The number of nitrogens with zero attached hydrogens (tertiary/aromatic N) is 2. The molecule has 2 aromatic heterocycles. The highest BCUT2D eigenvalue weighted by Gasteiger charge is 2.13. The number of halogens is 1. The highest BCUT2D eigenvalue weighted by Crippen LogP contribution is 2.16. The smallest absolute Gasteiger partial charge is 0.254 e. The van der Waals surface area contributed by atoms with Crippen LogP contribution in [-0.4, -0.2) is 26.3 Å². The Bertz CT molecular complexity index is 600. The lowest BCUT2D eigenvalue weighted by Crippen LogP contribution is -2.19. The molecule has 6 heteroatoms.